The van der Waals surface area contributed by atoms with Crippen LogP contribution in [0.4, 0.5) is 14.5 Å². The van der Waals surface area contributed by atoms with Gasteiger partial charge >= 0.3 is 5.97 Å². The molecule has 2 saturated heterocycles. The second-order valence-corrected chi connectivity index (χ2v) is 6.40. The van der Waals surface area contributed by atoms with Gasteiger partial charge in [0.15, 0.2) is 0 Å². The van der Waals surface area contributed by atoms with Crippen LogP contribution in [0.3, 0.4) is 0 Å². The molecule has 0 radical (unpaired) electrons. The van der Waals surface area contributed by atoms with Crippen LogP contribution in [0.15, 0.2) is 12.1 Å². The minimum atomic E-state index is -1.23. The monoisotopic (exact) mass is 342 g/mol. The Morgan fingerprint density at radius 2 is 1.83 bits per heavy atom. The summed E-state index contributed by atoms with van der Waals surface area (Å²) in [7, 11) is 0. The number of piperidine rings is 1. The first-order valence-electron chi connectivity index (χ1n) is 7.95. The largest absolute Gasteiger partial charge is 0.481 e. The molecule has 0 amide bonds. The van der Waals surface area contributed by atoms with Crippen LogP contribution in [0.2, 0.25) is 0 Å². The number of carboxylic acids is 1. The van der Waals surface area contributed by atoms with Gasteiger partial charge in [0.1, 0.15) is 24.1 Å². The van der Waals surface area contributed by atoms with Crippen LogP contribution in [0.5, 0.6) is 0 Å². The zero-order valence-corrected chi connectivity index (χ0v) is 13.0. The normalized spacial score (nSPS) is 30.6. The molecule has 4 unspecified atom stereocenters. The van der Waals surface area contributed by atoms with Crippen LogP contribution in [0.1, 0.15) is 30.7 Å². The molecule has 2 aliphatic rings. The molecule has 0 saturated carbocycles. The number of benzene rings is 1. The van der Waals surface area contributed by atoms with Crippen molar-refractivity contribution in [2.24, 2.45) is 5.92 Å². The highest BCUT2D eigenvalue weighted by molar-refractivity contribution is 5.72. The first-order valence-corrected chi connectivity index (χ1v) is 7.95. The van der Waals surface area contributed by atoms with Crippen molar-refractivity contribution in [2.45, 2.75) is 37.6 Å². The molecule has 8 heteroatoms. The van der Waals surface area contributed by atoms with E-state index in [0.29, 0.717) is 18.7 Å². The number of anilines is 1. The van der Waals surface area contributed by atoms with Gasteiger partial charge in [-0.15, -0.1) is 0 Å². The predicted molar refractivity (Wildman–Crippen MR) is 81.4 cm³/mol. The van der Waals surface area contributed by atoms with Gasteiger partial charge in [-0.25, -0.2) is 8.78 Å². The summed E-state index contributed by atoms with van der Waals surface area (Å²) in [6, 6.07) is 2.36. The van der Waals surface area contributed by atoms with E-state index in [-0.39, 0.29) is 24.9 Å². The van der Waals surface area contributed by atoms with Crippen LogP contribution in [0, 0.1) is 17.6 Å². The third-order valence-electron chi connectivity index (χ3n) is 4.83. The molecule has 2 fully saturated rings. The SMILES string of the molecule is O=C(O)C1CCN(c2cc(F)c(C3CCC(O)NC3O)c(F)c2)C1. The number of hydrogen-bond donors (Lipinski definition) is 4. The molecule has 4 atom stereocenters. The van der Waals surface area contributed by atoms with Crippen LogP contribution in [-0.4, -0.2) is 46.8 Å². The summed E-state index contributed by atoms with van der Waals surface area (Å²) in [6.45, 7) is 0.641. The molecular weight excluding hydrogens is 322 g/mol. The van der Waals surface area contributed by atoms with Gasteiger partial charge in [0.05, 0.1) is 5.92 Å². The summed E-state index contributed by atoms with van der Waals surface area (Å²) in [6.07, 6.45) is -1.14. The van der Waals surface area contributed by atoms with Crippen molar-refractivity contribution in [1.29, 1.82) is 0 Å². The molecule has 3 rings (SSSR count). The highest BCUT2D eigenvalue weighted by Gasteiger charge is 2.34. The van der Waals surface area contributed by atoms with Gasteiger partial charge in [0.25, 0.3) is 0 Å². The van der Waals surface area contributed by atoms with Gasteiger partial charge in [-0.3, -0.25) is 10.1 Å². The lowest BCUT2D eigenvalue weighted by atomic mass is 9.88. The maximum Gasteiger partial charge on any atom is 0.308 e. The predicted octanol–water partition coefficient (Wildman–Crippen LogP) is 0.979. The zero-order chi connectivity index (χ0) is 17.4. The van der Waals surface area contributed by atoms with Crippen LogP contribution in [-0.2, 0) is 4.79 Å². The fourth-order valence-corrected chi connectivity index (χ4v) is 3.50. The van der Waals surface area contributed by atoms with Crippen molar-refractivity contribution in [3.8, 4) is 0 Å². The molecular formula is C16H20F2N2O4. The number of carboxylic acid groups (broad SMARTS) is 1. The quantitative estimate of drug-likeness (QED) is 0.654. The van der Waals surface area contributed by atoms with Crippen LogP contribution < -0.4 is 10.2 Å². The third kappa shape index (κ3) is 3.22. The maximum atomic E-state index is 14.5. The Kier molecular flexibility index (Phi) is 4.71. The number of nitrogens with zero attached hydrogens (tertiary/aromatic N) is 1. The van der Waals surface area contributed by atoms with Gasteiger partial charge in [-0.1, -0.05) is 0 Å². The molecule has 2 aliphatic heterocycles. The Hall–Kier alpha value is -1.77. The second kappa shape index (κ2) is 6.62. The molecule has 2 heterocycles. The van der Waals surface area contributed by atoms with Crippen molar-refractivity contribution < 1.29 is 28.9 Å². The van der Waals surface area contributed by atoms with E-state index in [1.165, 1.54) is 12.1 Å². The van der Waals surface area contributed by atoms with Crippen molar-refractivity contribution in [3.63, 3.8) is 0 Å². The number of hydrogen-bond acceptors (Lipinski definition) is 5. The Balaban J connectivity index is 1.83. The number of nitrogens with one attached hydrogen (secondary N) is 1. The minimum Gasteiger partial charge on any atom is -0.481 e. The fraction of sp³-hybridized carbons (Fsp3) is 0.562. The average Bonchev–Trinajstić information content (AvgIpc) is 2.98. The molecule has 1 aromatic carbocycles. The molecule has 6 nitrogen and oxygen atoms in total. The van der Waals surface area contributed by atoms with E-state index >= 15 is 0 Å². The number of aliphatic hydroxyl groups is 2. The molecule has 24 heavy (non-hydrogen) atoms. The summed E-state index contributed by atoms with van der Waals surface area (Å²) in [5, 5.41) is 30.9. The van der Waals surface area contributed by atoms with E-state index in [4.69, 9.17) is 5.11 Å². The lowest BCUT2D eigenvalue weighted by molar-refractivity contribution is -0.140. The van der Waals surface area contributed by atoms with E-state index in [2.05, 4.69) is 5.32 Å². The smallest absolute Gasteiger partial charge is 0.308 e. The number of aliphatic carboxylic acids is 1. The number of rotatable bonds is 3. The van der Waals surface area contributed by atoms with Gasteiger partial charge in [0.2, 0.25) is 0 Å². The van der Waals surface area contributed by atoms with Crippen LogP contribution >= 0.6 is 0 Å². The summed E-state index contributed by atoms with van der Waals surface area (Å²) in [5.74, 6) is -3.78. The highest BCUT2D eigenvalue weighted by Crippen LogP contribution is 2.35. The van der Waals surface area contributed by atoms with E-state index in [1.807, 2.05) is 0 Å². The Bertz CT molecular complexity index is 619. The fourth-order valence-electron chi connectivity index (χ4n) is 3.50. The maximum absolute atomic E-state index is 14.5. The van der Waals surface area contributed by atoms with Gasteiger partial charge < -0.3 is 20.2 Å². The first kappa shape index (κ1) is 17.1. The van der Waals surface area contributed by atoms with Gasteiger partial charge in [0, 0.05) is 30.3 Å². The summed E-state index contributed by atoms with van der Waals surface area (Å²) in [4.78, 5) is 12.7. The summed E-state index contributed by atoms with van der Waals surface area (Å²) < 4.78 is 29.0. The zero-order valence-electron chi connectivity index (χ0n) is 13.0. The Labute approximate surface area is 137 Å². The molecule has 1 aromatic rings. The molecule has 0 spiro atoms. The average molecular weight is 342 g/mol. The molecule has 0 aromatic heterocycles. The van der Waals surface area contributed by atoms with Gasteiger partial charge in [-0.05, 0) is 31.4 Å². The van der Waals surface area contributed by atoms with E-state index in [1.54, 1.807) is 4.90 Å². The van der Waals surface area contributed by atoms with Crippen molar-refractivity contribution in [1.82, 2.24) is 5.32 Å². The van der Waals surface area contributed by atoms with Crippen molar-refractivity contribution in [3.05, 3.63) is 29.3 Å². The number of carbonyl (C=O) groups is 1. The van der Waals surface area contributed by atoms with Crippen molar-refractivity contribution >= 4 is 11.7 Å². The first-order chi connectivity index (χ1) is 11.4. The minimum absolute atomic E-state index is 0.209. The Morgan fingerprint density at radius 3 is 2.38 bits per heavy atom. The molecule has 0 aliphatic carbocycles. The highest BCUT2D eigenvalue weighted by atomic mass is 19.1. The van der Waals surface area contributed by atoms with E-state index in [9.17, 15) is 23.8 Å². The summed E-state index contributed by atoms with van der Waals surface area (Å²) in [5.41, 5.74) is 0.0930. The Morgan fingerprint density at radius 1 is 1.17 bits per heavy atom. The summed E-state index contributed by atoms with van der Waals surface area (Å²) >= 11 is 0. The number of halogens is 2. The number of aliphatic hydroxyl groups excluding tert-OH is 2. The van der Waals surface area contributed by atoms with E-state index < -0.39 is 41.9 Å². The van der Waals surface area contributed by atoms with E-state index in [0.717, 1.165) is 0 Å². The molecule has 4 N–H and O–H groups in total. The second-order valence-electron chi connectivity index (χ2n) is 6.40. The lowest BCUT2D eigenvalue weighted by Crippen LogP contribution is -2.46. The molecule has 132 valence electrons. The van der Waals surface area contributed by atoms with Crippen molar-refractivity contribution in [2.75, 3.05) is 18.0 Å². The standard InChI is InChI=1S/C16H20F2N2O4/c17-11-5-9(20-4-3-8(7-20)16(23)24)6-12(18)14(11)10-1-2-13(21)19-15(10)22/h5-6,8,10,13,15,19,21-22H,1-4,7H2,(H,23,24). The van der Waals surface area contributed by atoms with Crippen LogP contribution in [0.25, 0.3) is 0 Å². The lowest BCUT2D eigenvalue weighted by Gasteiger charge is -2.33. The molecule has 0 bridgehead atoms. The topological polar surface area (TPSA) is 93.0 Å². The van der Waals surface area contributed by atoms with Gasteiger partial charge in [-0.2, -0.15) is 0 Å². The third-order valence-corrected chi connectivity index (χ3v) is 4.83.